The van der Waals surface area contributed by atoms with Crippen molar-refractivity contribution < 1.29 is 0 Å². The van der Waals surface area contributed by atoms with Crippen LogP contribution in [0.1, 0.15) is 68.7 Å². The summed E-state index contributed by atoms with van der Waals surface area (Å²) in [5.74, 6) is 1.70. The third-order valence-corrected chi connectivity index (χ3v) is 4.73. The van der Waals surface area contributed by atoms with E-state index in [1.807, 2.05) is 0 Å². The van der Waals surface area contributed by atoms with E-state index < -0.39 is 0 Å². The molecule has 1 aromatic heterocycles. The van der Waals surface area contributed by atoms with Gasteiger partial charge in [0.1, 0.15) is 0 Å². The Hall–Kier alpha value is -0.830. The Labute approximate surface area is 109 Å². The van der Waals surface area contributed by atoms with Crippen molar-refractivity contribution in [2.24, 2.45) is 5.92 Å². The number of nitrogens with zero attached hydrogens (tertiary/aromatic N) is 2. The fourth-order valence-corrected chi connectivity index (χ4v) is 2.99. The Morgan fingerprint density at radius 3 is 2.67 bits per heavy atom. The Morgan fingerprint density at radius 2 is 2.06 bits per heavy atom. The van der Waals surface area contributed by atoms with Gasteiger partial charge >= 0.3 is 0 Å². The molecule has 1 atom stereocenters. The number of nitrogens with one attached hydrogen (secondary N) is 1. The van der Waals surface area contributed by atoms with Gasteiger partial charge < -0.3 is 5.32 Å². The monoisotopic (exact) mass is 245 g/mol. The van der Waals surface area contributed by atoms with Gasteiger partial charge in [0.25, 0.3) is 0 Å². The van der Waals surface area contributed by atoms with Crippen molar-refractivity contribution >= 4 is 0 Å². The Kier molecular flexibility index (Phi) is 2.51. The standard InChI is InChI=1S/C15H23N3/c1-10(11-2-3-11)18-15(12-4-5-12)13(9-17-18)8-16-14-6-7-14/h9-12,14,16H,2-8H2,1H3. The van der Waals surface area contributed by atoms with Crippen molar-refractivity contribution in [1.29, 1.82) is 0 Å². The molecule has 0 amide bonds. The van der Waals surface area contributed by atoms with Crippen molar-refractivity contribution in [1.82, 2.24) is 15.1 Å². The van der Waals surface area contributed by atoms with Gasteiger partial charge in [-0.15, -0.1) is 0 Å². The first-order valence-electron chi connectivity index (χ1n) is 7.62. The SMILES string of the molecule is CC(C1CC1)n1ncc(CNC2CC2)c1C1CC1. The molecule has 3 aliphatic rings. The molecule has 0 radical (unpaired) electrons. The minimum absolute atomic E-state index is 0.621. The lowest BCUT2D eigenvalue weighted by molar-refractivity contribution is 0.424. The third kappa shape index (κ3) is 2.09. The molecule has 3 nitrogen and oxygen atoms in total. The molecule has 0 spiro atoms. The quantitative estimate of drug-likeness (QED) is 0.835. The van der Waals surface area contributed by atoms with Gasteiger partial charge in [-0.05, 0) is 51.4 Å². The van der Waals surface area contributed by atoms with Crippen LogP contribution in [0.3, 0.4) is 0 Å². The summed E-state index contributed by atoms with van der Waals surface area (Å²) < 4.78 is 2.36. The highest BCUT2D eigenvalue weighted by Crippen LogP contribution is 2.46. The summed E-state index contributed by atoms with van der Waals surface area (Å²) in [5, 5.41) is 8.35. The van der Waals surface area contributed by atoms with Gasteiger partial charge in [-0.2, -0.15) is 5.10 Å². The maximum atomic E-state index is 4.71. The molecule has 0 aliphatic heterocycles. The molecule has 1 unspecified atom stereocenters. The van der Waals surface area contributed by atoms with E-state index in [4.69, 9.17) is 5.10 Å². The summed E-state index contributed by atoms with van der Waals surface area (Å²) in [6.45, 7) is 3.39. The molecule has 0 bridgehead atoms. The molecule has 3 fully saturated rings. The molecule has 3 heteroatoms. The van der Waals surface area contributed by atoms with Gasteiger partial charge in [0.2, 0.25) is 0 Å². The first kappa shape index (κ1) is 11.0. The Balaban J connectivity index is 1.56. The van der Waals surface area contributed by atoms with E-state index in [-0.39, 0.29) is 0 Å². The van der Waals surface area contributed by atoms with Crippen LogP contribution in [0.4, 0.5) is 0 Å². The molecule has 1 heterocycles. The molecule has 1 aromatic rings. The lowest BCUT2D eigenvalue weighted by atomic mass is 10.1. The van der Waals surface area contributed by atoms with Gasteiger partial charge in [-0.25, -0.2) is 0 Å². The van der Waals surface area contributed by atoms with Crippen LogP contribution >= 0.6 is 0 Å². The van der Waals surface area contributed by atoms with Crippen LogP contribution in [-0.2, 0) is 6.54 Å². The average molecular weight is 245 g/mol. The molecular formula is C15H23N3. The molecule has 1 N–H and O–H groups in total. The van der Waals surface area contributed by atoms with E-state index >= 15 is 0 Å². The van der Waals surface area contributed by atoms with Crippen LogP contribution in [0.2, 0.25) is 0 Å². The highest BCUT2D eigenvalue weighted by Gasteiger charge is 2.36. The van der Waals surface area contributed by atoms with E-state index in [2.05, 4.69) is 23.1 Å². The number of hydrogen-bond acceptors (Lipinski definition) is 2. The van der Waals surface area contributed by atoms with Crippen LogP contribution in [0, 0.1) is 5.92 Å². The van der Waals surface area contributed by atoms with Crippen molar-refractivity contribution in [3.8, 4) is 0 Å². The molecule has 3 saturated carbocycles. The first-order chi connectivity index (χ1) is 8.83. The molecule has 0 saturated heterocycles. The summed E-state index contributed by atoms with van der Waals surface area (Å²) >= 11 is 0. The normalized spacial score (nSPS) is 25.4. The Bertz CT molecular complexity index is 439. The number of aromatic nitrogens is 2. The van der Waals surface area contributed by atoms with Crippen LogP contribution in [-0.4, -0.2) is 15.8 Å². The summed E-state index contributed by atoms with van der Waals surface area (Å²) in [5.41, 5.74) is 3.03. The molecule has 98 valence electrons. The first-order valence-corrected chi connectivity index (χ1v) is 7.62. The van der Waals surface area contributed by atoms with Gasteiger partial charge in [-0.3, -0.25) is 4.68 Å². The van der Waals surface area contributed by atoms with Crippen molar-refractivity contribution in [3.05, 3.63) is 17.5 Å². The second kappa shape index (κ2) is 4.09. The van der Waals surface area contributed by atoms with E-state index in [0.717, 1.165) is 24.4 Å². The predicted molar refractivity (Wildman–Crippen MR) is 71.5 cm³/mol. The van der Waals surface area contributed by atoms with E-state index in [9.17, 15) is 0 Å². The smallest absolute Gasteiger partial charge is 0.0537 e. The zero-order chi connectivity index (χ0) is 12.1. The highest BCUT2D eigenvalue weighted by atomic mass is 15.3. The van der Waals surface area contributed by atoms with Crippen LogP contribution in [0.5, 0.6) is 0 Å². The second-order valence-corrected chi connectivity index (χ2v) is 6.51. The van der Waals surface area contributed by atoms with Crippen LogP contribution < -0.4 is 5.32 Å². The van der Waals surface area contributed by atoms with E-state index in [1.165, 1.54) is 44.1 Å². The minimum atomic E-state index is 0.621. The maximum absolute atomic E-state index is 4.71. The Morgan fingerprint density at radius 1 is 1.28 bits per heavy atom. The largest absolute Gasteiger partial charge is 0.310 e. The lowest BCUT2D eigenvalue weighted by Gasteiger charge is -2.16. The van der Waals surface area contributed by atoms with Crippen LogP contribution in [0.25, 0.3) is 0 Å². The van der Waals surface area contributed by atoms with E-state index in [1.54, 1.807) is 5.69 Å². The van der Waals surface area contributed by atoms with Gasteiger partial charge in [0.05, 0.1) is 12.2 Å². The van der Waals surface area contributed by atoms with Gasteiger partial charge in [0.15, 0.2) is 0 Å². The zero-order valence-electron chi connectivity index (χ0n) is 11.2. The third-order valence-electron chi connectivity index (χ3n) is 4.73. The fourth-order valence-electron chi connectivity index (χ4n) is 2.99. The number of rotatable bonds is 6. The fraction of sp³-hybridized carbons (Fsp3) is 0.800. The summed E-state index contributed by atoms with van der Waals surface area (Å²) in [6, 6.07) is 1.41. The van der Waals surface area contributed by atoms with Gasteiger partial charge in [-0.1, -0.05) is 0 Å². The zero-order valence-corrected chi connectivity index (χ0v) is 11.2. The second-order valence-electron chi connectivity index (χ2n) is 6.51. The van der Waals surface area contributed by atoms with E-state index in [0.29, 0.717) is 6.04 Å². The molecule has 3 aliphatic carbocycles. The van der Waals surface area contributed by atoms with Crippen molar-refractivity contribution in [2.45, 2.75) is 70.0 Å². The summed E-state index contributed by atoms with van der Waals surface area (Å²) in [7, 11) is 0. The highest BCUT2D eigenvalue weighted by molar-refractivity contribution is 5.26. The maximum Gasteiger partial charge on any atom is 0.0537 e. The molecule has 0 aromatic carbocycles. The average Bonchev–Trinajstić information content (AvgIpc) is 3.25. The topological polar surface area (TPSA) is 29.9 Å². The summed E-state index contributed by atoms with van der Waals surface area (Å²) in [4.78, 5) is 0. The van der Waals surface area contributed by atoms with Gasteiger partial charge in [0, 0.05) is 29.8 Å². The predicted octanol–water partition coefficient (Wildman–Crippen LogP) is 2.98. The molecule has 4 rings (SSSR count). The van der Waals surface area contributed by atoms with Crippen molar-refractivity contribution in [2.75, 3.05) is 0 Å². The van der Waals surface area contributed by atoms with Crippen molar-refractivity contribution in [3.63, 3.8) is 0 Å². The minimum Gasteiger partial charge on any atom is -0.310 e. The summed E-state index contributed by atoms with van der Waals surface area (Å²) in [6.07, 6.45) is 10.4. The lowest BCUT2D eigenvalue weighted by Crippen LogP contribution is -2.17. The number of hydrogen-bond donors (Lipinski definition) is 1. The van der Waals surface area contributed by atoms with Crippen LogP contribution in [0.15, 0.2) is 6.20 Å². The molecular weight excluding hydrogens is 222 g/mol. The molecule has 18 heavy (non-hydrogen) atoms.